The standard InChI is InChI=1S/C27H39NO/c1-2-3-4-5-6-7-8-9-10-17-22-28-27(29)23-26(24-18-13-11-14-19-24)25-20-15-12-16-21-25/h11-16,18-21,26H,2-10,17,22-23H2,1H3,(H,28,29). The molecule has 0 aliphatic carbocycles. The van der Waals surface area contributed by atoms with E-state index in [9.17, 15) is 4.79 Å². The van der Waals surface area contributed by atoms with Gasteiger partial charge in [0.05, 0.1) is 0 Å². The predicted molar refractivity (Wildman–Crippen MR) is 124 cm³/mol. The second kappa shape index (κ2) is 14.8. The van der Waals surface area contributed by atoms with Gasteiger partial charge >= 0.3 is 0 Å². The van der Waals surface area contributed by atoms with Crippen molar-refractivity contribution in [2.75, 3.05) is 6.54 Å². The molecule has 0 aliphatic rings. The fraction of sp³-hybridized carbons (Fsp3) is 0.519. The average Bonchev–Trinajstić information content (AvgIpc) is 2.77. The summed E-state index contributed by atoms with van der Waals surface area (Å²) in [4.78, 5) is 12.5. The molecule has 1 N–H and O–H groups in total. The van der Waals surface area contributed by atoms with E-state index in [2.05, 4.69) is 36.5 Å². The van der Waals surface area contributed by atoms with Crippen molar-refractivity contribution in [3.63, 3.8) is 0 Å². The van der Waals surface area contributed by atoms with Gasteiger partial charge < -0.3 is 5.32 Å². The van der Waals surface area contributed by atoms with Gasteiger partial charge in [-0.3, -0.25) is 4.79 Å². The van der Waals surface area contributed by atoms with E-state index < -0.39 is 0 Å². The van der Waals surface area contributed by atoms with Crippen molar-refractivity contribution in [3.05, 3.63) is 71.8 Å². The van der Waals surface area contributed by atoms with Crippen molar-refractivity contribution in [1.29, 1.82) is 0 Å². The highest BCUT2D eigenvalue weighted by Crippen LogP contribution is 2.27. The zero-order valence-electron chi connectivity index (χ0n) is 18.2. The van der Waals surface area contributed by atoms with Crippen LogP contribution in [0.1, 0.15) is 94.6 Å². The minimum Gasteiger partial charge on any atom is -0.356 e. The predicted octanol–water partition coefficient (Wildman–Crippen LogP) is 7.25. The second-order valence-corrected chi connectivity index (χ2v) is 8.11. The Balaban J connectivity index is 1.64. The highest BCUT2D eigenvalue weighted by atomic mass is 16.1. The molecule has 2 heteroatoms. The van der Waals surface area contributed by atoms with Crippen molar-refractivity contribution < 1.29 is 4.79 Å². The molecule has 0 atom stereocenters. The number of nitrogens with one attached hydrogen (secondary N) is 1. The van der Waals surface area contributed by atoms with Crippen molar-refractivity contribution in [3.8, 4) is 0 Å². The summed E-state index contributed by atoms with van der Waals surface area (Å²) in [6.07, 6.45) is 13.7. The lowest BCUT2D eigenvalue weighted by atomic mass is 9.88. The van der Waals surface area contributed by atoms with Crippen LogP contribution in [-0.4, -0.2) is 12.5 Å². The van der Waals surface area contributed by atoms with Crippen LogP contribution in [0.2, 0.25) is 0 Å². The van der Waals surface area contributed by atoms with Crippen LogP contribution >= 0.6 is 0 Å². The topological polar surface area (TPSA) is 29.1 Å². The van der Waals surface area contributed by atoms with Crippen LogP contribution in [0.4, 0.5) is 0 Å². The SMILES string of the molecule is CCCCCCCCCCCCNC(=O)CC(c1ccccc1)c1ccccc1. The highest BCUT2D eigenvalue weighted by Gasteiger charge is 2.17. The summed E-state index contributed by atoms with van der Waals surface area (Å²) in [6, 6.07) is 20.7. The molecule has 0 saturated heterocycles. The number of rotatable bonds is 15. The van der Waals surface area contributed by atoms with Gasteiger partial charge in [-0.05, 0) is 17.5 Å². The van der Waals surface area contributed by atoms with Crippen molar-refractivity contribution >= 4 is 5.91 Å². The smallest absolute Gasteiger partial charge is 0.220 e. The third-order valence-corrected chi connectivity index (χ3v) is 5.65. The number of benzene rings is 2. The van der Waals surface area contributed by atoms with Gasteiger partial charge in [-0.2, -0.15) is 0 Å². The van der Waals surface area contributed by atoms with Crippen LogP contribution in [0.25, 0.3) is 0 Å². The molecule has 0 heterocycles. The Labute approximate surface area is 178 Å². The molecule has 29 heavy (non-hydrogen) atoms. The van der Waals surface area contributed by atoms with E-state index in [-0.39, 0.29) is 11.8 Å². The number of carbonyl (C=O) groups excluding carboxylic acids is 1. The fourth-order valence-electron chi connectivity index (χ4n) is 3.90. The zero-order chi connectivity index (χ0) is 20.6. The summed E-state index contributed by atoms with van der Waals surface area (Å²) >= 11 is 0. The van der Waals surface area contributed by atoms with Crippen molar-refractivity contribution in [2.24, 2.45) is 0 Å². The monoisotopic (exact) mass is 393 g/mol. The summed E-state index contributed by atoms with van der Waals surface area (Å²) in [5, 5.41) is 3.14. The van der Waals surface area contributed by atoms with Crippen LogP contribution < -0.4 is 5.32 Å². The van der Waals surface area contributed by atoms with Crippen molar-refractivity contribution in [2.45, 2.75) is 83.5 Å². The maximum atomic E-state index is 12.5. The molecule has 0 aromatic heterocycles. The Hall–Kier alpha value is -2.09. The molecular weight excluding hydrogens is 354 g/mol. The number of carbonyl (C=O) groups is 1. The van der Waals surface area contributed by atoms with Gasteiger partial charge in [-0.1, -0.05) is 125 Å². The van der Waals surface area contributed by atoms with E-state index in [1.165, 1.54) is 68.9 Å². The first-order valence-corrected chi connectivity index (χ1v) is 11.7. The first kappa shape index (κ1) is 23.2. The maximum absolute atomic E-state index is 12.5. The molecule has 0 saturated carbocycles. The van der Waals surface area contributed by atoms with Crippen LogP contribution in [0, 0.1) is 0 Å². The Morgan fingerprint density at radius 3 is 1.62 bits per heavy atom. The van der Waals surface area contributed by atoms with Gasteiger partial charge in [0, 0.05) is 18.9 Å². The molecule has 0 bridgehead atoms. The fourth-order valence-corrected chi connectivity index (χ4v) is 3.90. The Kier molecular flexibility index (Phi) is 11.9. The Bertz CT molecular complexity index is 613. The lowest BCUT2D eigenvalue weighted by molar-refractivity contribution is -0.121. The summed E-state index contributed by atoms with van der Waals surface area (Å²) < 4.78 is 0. The summed E-state index contributed by atoms with van der Waals surface area (Å²) in [7, 11) is 0. The maximum Gasteiger partial charge on any atom is 0.220 e. The first-order valence-electron chi connectivity index (χ1n) is 11.7. The van der Waals surface area contributed by atoms with Gasteiger partial charge in [0.2, 0.25) is 5.91 Å². The molecule has 2 rings (SSSR count). The minimum absolute atomic E-state index is 0.116. The van der Waals surface area contributed by atoms with Gasteiger partial charge in [-0.15, -0.1) is 0 Å². The zero-order valence-corrected chi connectivity index (χ0v) is 18.2. The van der Waals surface area contributed by atoms with Crippen LogP contribution in [0.3, 0.4) is 0 Å². The van der Waals surface area contributed by atoms with E-state index in [1.807, 2.05) is 36.4 Å². The molecule has 158 valence electrons. The molecule has 0 radical (unpaired) electrons. The average molecular weight is 394 g/mol. The molecule has 2 aromatic rings. The molecule has 0 spiro atoms. The summed E-state index contributed by atoms with van der Waals surface area (Å²) in [5.74, 6) is 0.267. The quantitative estimate of drug-likeness (QED) is 0.317. The first-order chi connectivity index (χ1) is 14.3. The van der Waals surface area contributed by atoms with Crippen molar-refractivity contribution in [1.82, 2.24) is 5.32 Å². The van der Waals surface area contributed by atoms with Gasteiger partial charge in [0.1, 0.15) is 0 Å². The molecule has 0 fully saturated rings. The number of hydrogen-bond donors (Lipinski definition) is 1. The third kappa shape index (κ3) is 9.78. The molecule has 1 amide bonds. The highest BCUT2D eigenvalue weighted by molar-refractivity contribution is 5.77. The van der Waals surface area contributed by atoms with Crippen LogP contribution in [0.15, 0.2) is 60.7 Å². The van der Waals surface area contributed by atoms with Gasteiger partial charge in [0.15, 0.2) is 0 Å². The molecule has 0 aliphatic heterocycles. The molecule has 2 nitrogen and oxygen atoms in total. The molecule has 2 aromatic carbocycles. The third-order valence-electron chi connectivity index (χ3n) is 5.65. The van der Waals surface area contributed by atoms with E-state index in [0.29, 0.717) is 6.42 Å². The number of amides is 1. The van der Waals surface area contributed by atoms with Crippen LogP contribution in [0.5, 0.6) is 0 Å². The molecular formula is C27H39NO. The largest absolute Gasteiger partial charge is 0.356 e. The number of hydrogen-bond acceptors (Lipinski definition) is 1. The van der Waals surface area contributed by atoms with Gasteiger partial charge in [-0.25, -0.2) is 0 Å². The Morgan fingerprint density at radius 1 is 0.690 bits per heavy atom. The minimum atomic E-state index is 0.116. The molecule has 0 unspecified atom stereocenters. The van der Waals surface area contributed by atoms with Gasteiger partial charge in [0.25, 0.3) is 0 Å². The lowest BCUT2D eigenvalue weighted by Gasteiger charge is -2.18. The Morgan fingerprint density at radius 2 is 1.14 bits per heavy atom. The lowest BCUT2D eigenvalue weighted by Crippen LogP contribution is -2.26. The number of unbranched alkanes of at least 4 members (excludes halogenated alkanes) is 9. The second-order valence-electron chi connectivity index (χ2n) is 8.11. The van der Waals surface area contributed by atoms with E-state index in [1.54, 1.807) is 0 Å². The van der Waals surface area contributed by atoms with E-state index >= 15 is 0 Å². The summed E-state index contributed by atoms with van der Waals surface area (Å²) in [5.41, 5.74) is 2.40. The summed E-state index contributed by atoms with van der Waals surface area (Å²) in [6.45, 7) is 3.06. The van der Waals surface area contributed by atoms with E-state index in [0.717, 1.165) is 13.0 Å². The van der Waals surface area contributed by atoms with Crippen LogP contribution in [-0.2, 0) is 4.79 Å². The normalized spacial score (nSPS) is 11.0. The van der Waals surface area contributed by atoms with E-state index in [4.69, 9.17) is 0 Å².